The molecule has 0 saturated carbocycles. The molecular formula is C10H14O4. The maximum Gasteiger partial charge on any atom is 0.307 e. The average Bonchev–Trinajstić information content (AvgIpc) is 2.08. The van der Waals surface area contributed by atoms with Crippen molar-refractivity contribution in [3.8, 4) is 0 Å². The summed E-state index contributed by atoms with van der Waals surface area (Å²) in [6.45, 7) is 2.68. The van der Waals surface area contributed by atoms with Gasteiger partial charge in [0.1, 0.15) is 0 Å². The minimum Gasteiger partial charge on any atom is -0.435 e. The molecule has 0 aromatic heterocycles. The number of rotatable bonds is 5. The molecule has 0 aromatic carbocycles. The third-order valence-electron chi connectivity index (χ3n) is 1.16. The standard InChI is InChI=1S/C10H14O4/c1-9(11)13-7-5-3-4-6-8-14-10(2)12/h5-8H,3-4H2,1-2H3/b7-5-,8-6-. The van der Waals surface area contributed by atoms with Crippen molar-refractivity contribution < 1.29 is 19.1 Å². The zero-order chi connectivity index (χ0) is 10.8. The second-order valence-electron chi connectivity index (χ2n) is 2.54. The molecule has 0 atom stereocenters. The van der Waals surface area contributed by atoms with E-state index in [9.17, 15) is 9.59 Å². The first-order valence-corrected chi connectivity index (χ1v) is 4.27. The summed E-state index contributed by atoms with van der Waals surface area (Å²) in [6, 6.07) is 0. The van der Waals surface area contributed by atoms with Gasteiger partial charge in [-0.05, 0) is 25.0 Å². The molecule has 0 radical (unpaired) electrons. The molecule has 0 N–H and O–H groups in total. The van der Waals surface area contributed by atoms with Crippen molar-refractivity contribution in [2.24, 2.45) is 0 Å². The molecule has 0 spiro atoms. The SMILES string of the molecule is CC(=O)O/C=C\CC/C=C\OC(C)=O. The Morgan fingerprint density at radius 2 is 1.29 bits per heavy atom. The highest BCUT2D eigenvalue weighted by atomic mass is 16.5. The Labute approximate surface area is 83.2 Å². The van der Waals surface area contributed by atoms with E-state index >= 15 is 0 Å². The maximum atomic E-state index is 10.3. The van der Waals surface area contributed by atoms with E-state index in [4.69, 9.17) is 0 Å². The minimum absolute atomic E-state index is 0.336. The van der Waals surface area contributed by atoms with Gasteiger partial charge in [0.2, 0.25) is 0 Å². The quantitative estimate of drug-likeness (QED) is 0.384. The van der Waals surface area contributed by atoms with Crippen LogP contribution < -0.4 is 0 Å². The fourth-order valence-electron chi connectivity index (χ4n) is 0.616. The summed E-state index contributed by atoms with van der Waals surface area (Å²) in [5.74, 6) is -0.673. The highest BCUT2D eigenvalue weighted by Gasteiger charge is 1.85. The Hall–Kier alpha value is -1.58. The first kappa shape index (κ1) is 12.4. The van der Waals surface area contributed by atoms with Gasteiger partial charge in [-0.15, -0.1) is 0 Å². The molecule has 0 aromatic rings. The highest BCUT2D eigenvalue weighted by Crippen LogP contribution is 1.94. The van der Waals surface area contributed by atoms with E-state index in [1.807, 2.05) is 0 Å². The van der Waals surface area contributed by atoms with E-state index in [1.165, 1.54) is 26.4 Å². The van der Waals surface area contributed by atoms with Gasteiger partial charge in [-0.25, -0.2) is 0 Å². The second-order valence-corrected chi connectivity index (χ2v) is 2.54. The number of ether oxygens (including phenoxy) is 2. The molecule has 0 rings (SSSR count). The molecular weight excluding hydrogens is 184 g/mol. The van der Waals surface area contributed by atoms with E-state index in [2.05, 4.69) is 9.47 Å². The lowest BCUT2D eigenvalue weighted by Crippen LogP contribution is -1.89. The van der Waals surface area contributed by atoms with Crippen LogP contribution in [0.15, 0.2) is 24.7 Å². The number of unbranched alkanes of at least 4 members (excludes halogenated alkanes) is 1. The molecule has 0 aliphatic heterocycles. The van der Waals surface area contributed by atoms with Crippen LogP contribution in [0.1, 0.15) is 26.7 Å². The predicted octanol–water partition coefficient (Wildman–Crippen LogP) is 1.92. The van der Waals surface area contributed by atoms with E-state index < -0.39 is 0 Å². The summed E-state index contributed by atoms with van der Waals surface area (Å²) in [5, 5.41) is 0. The summed E-state index contributed by atoms with van der Waals surface area (Å²) >= 11 is 0. The first-order chi connectivity index (χ1) is 6.63. The zero-order valence-electron chi connectivity index (χ0n) is 8.36. The summed E-state index contributed by atoms with van der Waals surface area (Å²) in [6.07, 6.45) is 7.60. The molecule has 0 aliphatic rings. The minimum atomic E-state index is -0.336. The van der Waals surface area contributed by atoms with Crippen LogP contribution in [-0.4, -0.2) is 11.9 Å². The van der Waals surface area contributed by atoms with E-state index in [-0.39, 0.29) is 11.9 Å². The summed E-state index contributed by atoms with van der Waals surface area (Å²) < 4.78 is 9.12. The Morgan fingerprint density at radius 1 is 0.929 bits per heavy atom. The predicted molar refractivity (Wildman–Crippen MR) is 51.0 cm³/mol. The van der Waals surface area contributed by atoms with Crippen LogP contribution in [0.2, 0.25) is 0 Å². The smallest absolute Gasteiger partial charge is 0.307 e. The molecule has 0 fully saturated rings. The van der Waals surface area contributed by atoms with Crippen LogP contribution >= 0.6 is 0 Å². The van der Waals surface area contributed by atoms with Gasteiger partial charge in [-0.3, -0.25) is 9.59 Å². The van der Waals surface area contributed by atoms with Crippen LogP contribution in [-0.2, 0) is 19.1 Å². The molecule has 0 unspecified atom stereocenters. The van der Waals surface area contributed by atoms with Gasteiger partial charge in [0.05, 0.1) is 12.5 Å². The van der Waals surface area contributed by atoms with Crippen molar-refractivity contribution in [2.75, 3.05) is 0 Å². The number of carbonyl (C=O) groups is 2. The van der Waals surface area contributed by atoms with Crippen LogP contribution in [0.3, 0.4) is 0 Å². The van der Waals surface area contributed by atoms with Crippen molar-refractivity contribution >= 4 is 11.9 Å². The molecule has 0 saturated heterocycles. The number of allylic oxidation sites excluding steroid dienone is 2. The molecule has 78 valence electrons. The van der Waals surface area contributed by atoms with Gasteiger partial charge >= 0.3 is 11.9 Å². The lowest BCUT2D eigenvalue weighted by Gasteiger charge is -1.91. The summed E-state index contributed by atoms with van der Waals surface area (Å²) in [7, 11) is 0. The van der Waals surface area contributed by atoms with E-state index in [1.54, 1.807) is 12.2 Å². The van der Waals surface area contributed by atoms with Crippen LogP contribution in [0.5, 0.6) is 0 Å². The van der Waals surface area contributed by atoms with Gasteiger partial charge < -0.3 is 9.47 Å². The van der Waals surface area contributed by atoms with Crippen molar-refractivity contribution in [3.05, 3.63) is 24.7 Å². The van der Waals surface area contributed by atoms with E-state index in [0.717, 1.165) is 12.8 Å². The van der Waals surface area contributed by atoms with Crippen LogP contribution in [0.25, 0.3) is 0 Å². The number of hydrogen-bond donors (Lipinski definition) is 0. The largest absolute Gasteiger partial charge is 0.435 e. The maximum absolute atomic E-state index is 10.3. The zero-order valence-corrected chi connectivity index (χ0v) is 8.36. The molecule has 14 heavy (non-hydrogen) atoms. The van der Waals surface area contributed by atoms with Crippen molar-refractivity contribution in [3.63, 3.8) is 0 Å². The van der Waals surface area contributed by atoms with Crippen LogP contribution in [0.4, 0.5) is 0 Å². The van der Waals surface area contributed by atoms with Gasteiger partial charge in [-0.2, -0.15) is 0 Å². The van der Waals surface area contributed by atoms with Crippen LogP contribution in [0, 0.1) is 0 Å². The normalized spacial score (nSPS) is 10.7. The molecule has 0 aliphatic carbocycles. The third-order valence-corrected chi connectivity index (χ3v) is 1.16. The lowest BCUT2D eigenvalue weighted by molar-refractivity contribution is -0.136. The van der Waals surface area contributed by atoms with Gasteiger partial charge in [0, 0.05) is 13.8 Å². The molecule has 0 heterocycles. The molecule has 0 bridgehead atoms. The highest BCUT2D eigenvalue weighted by molar-refractivity contribution is 5.66. The van der Waals surface area contributed by atoms with Gasteiger partial charge in [-0.1, -0.05) is 0 Å². The molecule has 0 amide bonds. The lowest BCUT2D eigenvalue weighted by atomic mass is 10.3. The summed E-state index contributed by atoms with van der Waals surface area (Å²) in [4.78, 5) is 20.6. The Morgan fingerprint density at radius 3 is 1.57 bits per heavy atom. The Kier molecular flexibility index (Phi) is 7.13. The van der Waals surface area contributed by atoms with Crippen molar-refractivity contribution in [2.45, 2.75) is 26.7 Å². The van der Waals surface area contributed by atoms with Gasteiger partial charge in [0.15, 0.2) is 0 Å². The monoisotopic (exact) mass is 198 g/mol. The fourth-order valence-corrected chi connectivity index (χ4v) is 0.616. The molecule has 4 heteroatoms. The average molecular weight is 198 g/mol. The van der Waals surface area contributed by atoms with Gasteiger partial charge in [0.25, 0.3) is 0 Å². The number of carbonyl (C=O) groups excluding carboxylic acids is 2. The number of hydrogen-bond acceptors (Lipinski definition) is 4. The second kappa shape index (κ2) is 8.04. The number of esters is 2. The van der Waals surface area contributed by atoms with Crippen molar-refractivity contribution in [1.29, 1.82) is 0 Å². The Balaban J connectivity index is 3.37. The Bertz CT molecular complexity index is 215. The third kappa shape index (κ3) is 10.4. The first-order valence-electron chi connectivity index (χ1n) is 4.27. The fraction of sp³-hybridized carbons (Fsp3) is 0.400. The summed E-state index contributed by atoms with van der Waals surface area (Å²) in [5.41, 5.74) is 0. The van der Waals surface area contributed by atoms with Crippen molar-refractivity contribution in [1.82, 2.24) is 0 Å². The molecule has 4 nitrogen and oxygen atoms in total. The topological polar surface area (TPSA) is 52.6 Å². The van der Waals surface area contributed by atoms with E-state index in [0.29, 0.717) is 0 Å².